The Balaban J connectivity index is 2.02. The van der Waals surface area contributed by atoms with Gasteiger partial charge >= 0.3 is 0 Å². The molecule has 1 heterocycles. The van der Waals surface area contributed by atoms with Crippen LogP contribution >= 0.6 is 0 Å². The molecule has 2 fully saturated rings. The lowest BCUT2D eigenvalue weighted by Gasteiger charge is -2.53. The average molecular weight is 231 g/mol. The normalized spacial score (nSPS) is 39.4. The van der Waals surface area contributed by atoms with Gasteiger partial charge in [0.1, 0.15) is 5.78 Å². The highest BCUT2D eigenvalue weighted by Gasteiger charge is 2.54. The topological polar surface area (TPSA) is 29.1 Å². The molecule has 2 nitrogen and oxygen atoms in total. The first-order chi connectivity index (χ1) is 8.17. The van der Waals surface area contributed by atoms with Gasteiger partial charge in [0.05, 0.1) is 0 Å². The second kappa shape index (κ2) is 3.81. The average Bonchev–Trinajstić information content (AvgIpc) is 2.36. The van der Waals surface area contributed by atoms with E-state index in [0.717, 1.165) is 38.8 Å². The lowest BCUT2D eigenvalue weighted by Crippen LogP contribution is -2.54. The van der Waals surface area contributed by atoms with E-state index < -0.39 is 0 Å². The number of Topliss-reactive ketones (excluding diaryl/α,β-unsaturated/α-hetero) is 1. The number of allylic oxidation sites excluding steroid dienone is 4. The first kappa shape index (κ1) is 11.2. The first-order valence-electron chi connectivity index (χ1n) is 6.77. The van der Waals surface area contributed by atoms with Gasteiger partial charge in [-0.05, 0) is 43.7 Å². The molecule has 1 N–H and O–H groups in total. The van der Waals surface area contributed by atoms with Gasteiger partial charge in [-0.3, -0.25) is 4.79 Å². The summed E-state index contributed by atoms with van der Waals surface area (Å²) in [5.41, 5.74) is 0.138. The van der Waals surface area contributed by atoms with Crippen molar-refractivity contribution in [2.75, 3.05) is 13.1 Å². The fraction of sp³-hybridized carbons (Fsp3) is 0.667. The molecule has 1 spiro atoms. The van der Waals surface area contributed by atoms with E-state index in [-0.39, 0.29) is 10.8 Å². The molecule has 2 heteroatoms. The highest BCUT2D eigenvalue weighted by atomic mass is 16.1. The van der Waals surface area contributed by atoms with E-state index in [1.165, 1.54) is 0 Å². The first-order valence-corrected chi connectivity index (χ1v) is 6.77. The van der Waals surface area contributed by atoms with Crippen molar-refractivity contribution in [3.8, 4) is 0 Å². The molecule has 1 saturated carbocycles. The van der Waals surface area contributed by atoms with Crippen molar-refractivity contribution in [1.29, 1.82) is 0 Å². The Hall–Kier alpha value is -0.890. The number of hydrogen-bond donors (Lipinski definition) is 1. The molecule has 17 heavy (non-hydrogen) atoms. The van der Waals surface area contributed by atoms with Gasteiger partial charge in [-0.1, -0.05) is 31.2 Å². The summed E-state index contributed by atoms with van der Waals surface area (Å²) in [6, 6.07) is 0. The zero-order valence-corrected chi connectivity index (χ0v) is 10.5. The molecule has 92 valence electrons. The van der Waals surface area contributed by atoms with Crippen LogP contribution in [0.3, 0.4) is 0 Å². The van der Waals surface area contributed by atoms with Crippen molar-refractivity contribution >= 4 is 5.78 Å². The molecular weight excluding hydrogens is 210 g/mol. The summed E-state index contributed by atoms with van der Waals surface area (Å²) in [5, 5.41) is 3.39. The number of carbonyl (C=O) groups excluding carboxylic acids is 1. The molecule has 0 aromatic carbocycles. The van der Waals surface area contributed by atoms with E-state index >= 15 is 0 Å². The molecular formula is C15H21NO. The number of fused-ring (bicyclic) bond motifs is 2. The lowest BCUT2D eigenvalue weighted by molar-refractivity contribution is -0.140. The predicted octanol–water partition coefficient (Wildman–Crippen LogP) is 2.47. The van der Waals surface area contributed by atoms with Crippen LogP contribution in [-0.2, 0) is 4.79 Å². The van der Waals surface area contributed by atoms with E-state index in [1.807, 2.05) is 0 Å². The summed E-state index contributed by atoms with van der Waals surface area (Å²) in [6.07, 6.45) is 12.7. The second-order valence-electron chi connectivity index (χ2n) is 6.06. The number of piperidine rings is 1. The van der Waals surface area contributed by atoms with E-state index in [1.54, 1.807) is 0 Å². The third kappa shape index (κ3) is 1.54. The standard InChI is InChI=1S/C15H21NO/c1-14-6-3-2-4-12(14)15(13(17)5-7-14)8-10-16-11-9-15/h2-4,6,12,16H,5,7-11H2,1H3. The van der Waals surface area contributed by atoms with Crippen molar-refractivity contribution in [3.63, 3.8) is 0 Å². The van der Waals surface area contributed by atoms with Crippen LogP contribution < -0.4 is 5.32 Å². The third-order valence-electron chi connectivity index (χ3n) is 5.14. The van der Waals surface area contributed by atoms with E-state index in [0.29, 0.717) is 11.7 Å². The number of rotatable bonds is 0. The summed E-state index contributed by atoms with van der Waals surface area (Å²) < 4.78 is 0. The molecule has 1 saturated heterocycles. The molecule has 1 aliphatic heterocycles. The van der Waals surface area contributed by atoms with Gasteiger partial charge in [0.15, 0.2) is 0 Å². The van der Waals surface area contributed by atoms with Crippen LogP contribution in [0.1, 0.15) is 32.6 Å². The van der Waals surface area contributed by atoms with E-state index in [2.05, 4.69) is 36.5 Å². The summed E-state index contributed by atoms with van der Waals surface area (Å²) >= 11 is 0. The minimum atomic E-state index is -0.0699. The van der Waals surface area contributed by atoms with Crippen LogP contribution in [0.15, 0.2) is 24.3 Å². The van der Waals surface area contributed by atoms with Crippen LogP contribution in [0.4, 0.5) is 0 Å². The summed E-state index contributed by atoms with van der Waals surface area (Å²) in [5.74, 6) is 0.935. The van der Waals surface area contributed by atoms with Gasteiger partial charge in [-0.15, -0.1) is 0 Å². The Morgan fingerprint density at radius 2 is 2.00 bits per heavy atom. The molecule has 2 aliphatic carbocycles. The summed E-state index contributed by atoms with van der Waals surface area (Å²) in [7, 11) is 0. The zero-order valence-electron chi connectivity index (χ0n) is 10.5. The second-order valence-corrected chi connectivity index (χ2v) is 6.06. The minimum absolute atomic E-state index is 0.0699. The largest absolute Gasteiger partial charge is 0.317 e. The molecule has 2 atom stereocenters. The number of hydrogen-bond acceptors (Lipinski definition) is 2. The van der Waals surface area contributed by atoms with Crippen LogP contribution in [0, 0.1) is 16.7 Å². The monoisotopic (exact) mass is 231 g/mol. The van der Waals surface area contributed by atoms with Crippen LogP contribution in [0.25, 0.3) is 0 Å². The fourth-order valence-electron chi connectivity index (χ4n) is 4.10. The van der Waals surface area contributed by atoms with Gasteiger partial charge in [0, 0.05) is 11.8 Å². The van der Waals surface area contributed by atoms with Gasteiger partial charge in [-0.25, -0.2) is 0 Å². The SMILES string of the molecule is CC12C=CC=CC1C1(CCNCC1)C(=O)CC2. The van der Waals surface area contributed by atoms with Gasteiger partial charge < -0.3 is 5.32 Å². The molecule has 3 aliphatic rings. The van der Waals surface area contributed by atoms with Gasteiger partial charge in [0.2, 0.25) is 0 Å². The van der Waals surface area contributed by atoms with Crippen LogP contribution in [0.5, 0.6) is 0 Å². The molecule has 0 aromatic heterocycles. The molecule has 2 unspecified atom stereocenters. The third-order valence-corrected chi connectivity index (χ3v) is 5.14. The molecule has 0 radical (unpaired) electrons. The van der Waals surface area contributed by atoms with E-state index in [4.69, 9.17) is 0 Å². The molecule has 0 amide bonds. The highest BCUT2D eigenvalue weighted by molar-refractivity contribution is 5.87. The number of ketones is 1. The quantitative estimate of drug-likeness (QED) is 0.694. The Bertz CT molecular complexity index is 390. The number of nitrogens with one attached hydrogen (secondary N) is 1. The lowest BCUT2D eigenvalue weighted by atomic mass is 9.51. The van der Waals surface area contributed by atoms with Crippen molar-refractivity contribution < 1.29 is 4.79 Å². The van der Waals surface area contributed by atoms with Crippen LogP contribution in [-0.4, -0.2) is 18.9 Å². The maximum Gasteiger partial charge on any atom is 0.139 e. The smallest absolute Gasteiger partial charge is 0.139 e. The van der Waals surface area contributed by atoms with Crippen molar-refractivity contribution in [3.05, 3.63) is 24.3 Å². The molecule has 0 bridgehead atoms. The Kier molecular flexibility index (Phi) is 2.51. The number of carbonyl (C=O) groups is 1. The maximum absolute atomic E-state index is 12.5. The minimum Gasteiger partial charge on any atom is -0.317 e. The molecule has 3 rings (SSSR count). The Labute approximate surface area is 103 Å². The van der Waals surface area contributed by atoms with Crippen molar-refractivity contribution in [1.82, 2.24) is 5.32 Å². The van der Waals surface area contributed by atoms with Gasteiger partial charge in [0.25, 0.3) is 0 Å². The summed E-state index contributed by atoms with van der Waals surface area (Å²) in [4.78, 5) is 12.5. The van der Waals surface area contributed by atoms with Gasteiger partial charge in [-0.2, -0.15) is 0 Å². The predicted molar refractivity (Wildman–Crippen MR) is 68.7 cm³/mol. The fourth-order valence-corrected chi connectivity index (χ4v) is 4.10. The molecule has 0 aromatic rings. The van der Waals surface area contributed by atoms with Crippen molar-refractivity contribution in [2.45, 2.75) is 32.6 Å². The van der Waals surface area contributed by atoms with E-state index in [9.17, 15) is 4.79 Å². The van der Waals surface area contributed by atoms with Crippen molar-refractivity contribution in [2.24, 2.45) is 16.7 Å². The zero-order chi connectivity index (χ0) is 11.9. The summed E-state index contributed by atoms with van der Waals surface area (Å²) in [6.45, 7) is 4.32. The maximum atomic E-state index is 12.5. The van der Waals surface area contributed by atoms with Crippen LogP contribution in [0.2, 0.25) is 0 Å². The Morgan fingerprint density at radius 1 is 1.24 bits per heavy atom. The Morgan fingerprint density at radius 3 is 2.76 bits per heavy atom. The highest BCUT2D eigenvalue weighted by Crippen LogP contribution is 2.55.